The first-order chi connectivity index (χ1) is 13.4. The Morgan fingerprint density at radius 3 is 2.61 bits per heavy atom. The summed E-state index contributed by atoms with van der Waals surface area (Å²) in [5, 5.41) is 13.6. The zero-order valence-corrected chi connectivity index (χ0v) is 15.4. The molecule has 0 unspecified atom stereocenters. The highest BCUT2D eigenvalue weighted by atomic mass is 16.6. The third kappa shape index (κ3) is 3.88. The average molecular weight is 385 g/mol. The van der Waals surface area contributed by atoms with Crippen molar-refractivity contribution < 1.29 is 24.0 Å². The van der Waals surface area contributed by atoms with Crippen molar-refractivity contribution in [3.05, 3.63) is 58.1 Å². The van der Waals surface area contributed by atoms with Crippen LogP contribution < -0.4 is 19.7 Å². The Labute approximate surface area is 161 Å². The van der Waals surface area contributed by atoms with Crippen molar-refractivity contribution >= 4 is 23.2 Å². The molecule has 1 saturated heterocycles. The molecule has 0 saturated carbocycles. The van der Waals surface area contributed by atoms with Crippen LogP contribution in [-0.4, -0.2) is 43.5 Å². The number of hydrogen-bond donors (Lipinski definition) is 1. The fourth-order valence-corrected chi connectivity index (χ4v) is 3.08. The molecule has 2 amide bonds. The average Bonchev–Trinajstić information content (AvgIpc) is 3.07. The maximum Gasteiger partial charge on any atom is 0.270 e. The highest BCUT2D eigenvalue weighted by Gasteiger charge is 2.32. The van der Waals surface area contributed by atoms with E-state index in [1.165, 1.54) is 38.5 Å². The van der Waals surface area contributed by atoms with Crippen LogP contribution in [0.4, 0.5) is 11.4 Å². The number of benzene rings is 2. The van der Waals surface area contributed by atoms with Gasteiger partial charge in [0.05, 0.1) is 25.2 Å². The molecule has 1 N–H and O–H groups in total. The Morgan fingerprint density at radius 1 is 1.18 bits per heavy atom. The molecule has 1 heterocycles. The number of ether oxygens (including phenoxy) is 2. The van der Waals surface area contributed by atoms with E-state index in [4.69, 9.17) is 9.47 Å². The van der Waals surface area contributed by atoms with Crippen molar-refractivity contribution in [3.8, 4) is 11.5 Å². The largest absolute Gasteiger partial charge is 0.493 e. The van der Waals surface area contributed by atoms with Crippen LogP contribution in [-0.2, 0) is 4.79 Å². The Hall–Kier alpha value is -3.62. The van der Waals surface area contributed by atoms with Crippen molar-refractivity contribution in [2.24, 2.45) is 0 Å². The van der Waals surface area contributed by atoms with Crippen LogP contribution in [0.25, 0.3) is 0 Å². The standard InChI is InChI=1S/C19H19N3O6/c1-27-16-7-6-14(10-17(16)28-2)21-11-13(9-18(21)23)20-19(24)12-4-3-5-15(8-12)22(25)26/h3-8,10,13H,9,11H2,1-2H3,(H,20,24)/t13-/m1/s1. The molecule has 1 aliphatic heterocycles. The van der Waals surface area contributed by atoms with Gasteiger partial charge >= 0.3 is 0 Å². The first kappa shape index (κ1) is 19.2. The lowest BCUT2D eigenvalue weighted by molar-refractivity contribution is -0.384. The fourth-order valence-electron chi connectivity index (χ4n) is 3.08. The summed E-state index contributed by atoms with van der Waals surface area (Å²) in [4.78, 5) is 36.7. The summed E-state index contributed by atoms with van der Waals surface area (Å²) in [5.41, 5.74) is 0.642. The van der Waals surface area contributed by atoms with Crippen LogP contribution in [0.15, 0.2) is 42.5 Å². The SMILES string of the molecule is COc1ccc(N2C[C@H](NC(=O)c3cccc([N+](=O)[O-])c3)CC2=O)cc1OC. The van der Waals surface area contributed by atoms with Gasteiger partial charge in [0.1, 0.15) is 0 Å². The van der Waals surface area contributed by atoms with E-state index in [2.05, 4.69) is 5.32 Å². The first-order valence-corrected chi connectivity index (χ1v) is 8.50. The number of nitro benzene ring substituents is 1. The van der Waals surface area contributed by atoms with E-state index in [0.29, 0.717) is 17.2 Å². The number of amides is 2. The van der Waals surface area contributed by atoms with Gasteiger partial charge in [-0.05, 0) is 18.2 Å². The molecule has 2 aromatic carbocycles. The van der Waals surface area contributed by atoms with Gasteiger partial charge in [-0.1, -0.05) is 6.07 Å². The third-order valence-electron chi connectivity index (χ3n) is 4.46. The molecule has 3 rings (SSSR count). The zero-order valence-electron chi connectivity index (χ0n) is 15.4. The lowest BCUT2D eigenvalue weighted by atomic mass is 10.1. The Kier molecular flexibility index (Phi) is 5.44. The highest BCUT2D eigenvalue weighted by Crippen LogP contribution is 2.33. The number of nitrogens with one attached hydrogen (secondary N) is 1. The van der Waals surface area contributed by atoms with Crippen molar-refractivity contribution in [1.29, 1.82) is 0 Å². The van der Waals surface area contributed by atoms with Crippen molar-refractivity contribution in [2.75, 3.05) is 25.7 Å². The summed E-state index contributed by atoms with van der Waals surface area (Å²) in [7, 11) is 3.04. The van der Waals surface area contributed by atoms with Gasteiger partial charge < -0.3 is 19.7 Å². The van der Waals surface area contributed by atoms with Gasteiger partial charge in [-0.15, -0.1) is 0 Å². The number of carbonyl (C=O) groups excluding carboxylic acids is 2. The number of anilines is 1. The van der Waals surface area contributed by atoms with Crippen LogP contribution in [0.5, 0.6) is 11.5 Å². The molecule has 0 aromatic heterocycles. The minimum absolute atomic E-state index is 0.134. The molecule has 1 aliphatic rings. The van der Waals surface area contributed by atoms with Gasteiger partial charge in [-0.2, -0.15) is 0 Å². The molecule has 2 aromatic rings. The first-order valence-electron chi connectivity index (χ1n) is 8.50. The van der Waals surface area contributed by atoms with Crippen molar-refractivity contribution in [3.63, 3.8) is 0 Å². The molecule has 0 aliphatic carbocycles. The predicted molar refractivity (Wildman–Crippen MR) is 101 cm³/mol. The molecular weight excluding hydrogens is 366 g/mol. The second kappa shape index (κ2) is 7.95. The van der Waals surface area contributed by atoms with E-state index < -0.39 is 16.9 Å². The molecule has 0 spiro atoms. The van der Waals surface area contributed by atoms with Gasteiger partial charge in [-0.3, -0.25) is 19.7 Å². The molecule has 9 heteroatoms. The van der Waals surface area contributed by atoms with E-state index in [1.54, 1.807) is 23.1 Å². The normalized spacial score (nSPS) is 16.0. The van der Waals surface area contributed by atoms with Gasteiger partial charge in [0.2, 0.25) is 5.91 Å². The van der Waals surface area contributed by atoms with Crippen LogP contribution in [0.2, 0.25) is 0 Å². The number of nitrogens with zero attached hydrogens (tertiary/aromatic N) is 2. The van der Waals surface area contributed by atoms with Crippen molar-refractivity contribution in [2.45, 2.75) is 12.5 Å². The zero-order chi connectivity index (χ0) is 20.3. The molecular formula is C19H19N3O6. The molecule has 28 heavy (non-hydrogen) atoms. The molecule has 1 atom stereocenters. The Morgan fingerprint density at radius 2 is 1.93 bits per heavy atom. The number of nitro groups is 1. The summed E-state index contributed by atoms with van der Waals surface area (Å²) < 4.78 is 10.5. The maximum atomic E-state index is 12.4. The second-order valence-electron chi connectivity index (χ2n) is 6.23. The van der Waals surface area contributed by atoms with Gasteiger partial charge in [0.25, 0.3) is 11.6 Å². The van der Waals surface area contributed by atoms with E-state index in [0.717, 1.165) is 0 Å². The minimum atomic E-state index is -0.561. The number of rotatable bonds is 6. The summed E-state index contributed by atoms with van der Waals surface area (Å²) in [6.45, 7) is 0.287. The number of non-ortho nitro benzene ring substituents is 1. The van der Waals surface area contributed by atoms with Crippen molar-refractivity contribution in [1.82, 2.24) is 5.32 Å². The number of carbonyl (C=O) groups is 2. The monoisotopic (exact) mass is 385 g/mol. The summed E-state index contributed by atoms with van der Waals surface area (Å²) in [5.74, 6) is 0.442. The number of hydrogen-bond acceptors (Lipinski definition) is 6. The Bertz CT molecular complexity index is 930. The molecule has 0 radical (unpaired) electrons. The van der Waals surface area contributed by atoms with E-state index in [1.807, 2.05) is 0 Å². The minimum Gasteiger partial charge on any atom is -0.493 e. The fraction of sp³-hybridized carbons (Fsp3) is 0.263. The molecule has 1 fully saturated rings. The van der Waals surface area contributed by atoms with Gasteiger partial charge in [0.15, 0.2) is 11.5 Å². The summed E-state index contributed by atoms with van der Waals surface area (Å²) in [6.07, 6.45) is 0.134. The number of methoxy groups -OCH3 is 2. The Balaban J connectivity index is 1.72. The van der Waals surface area contributed by atoms with E-state index in [9.17, 15) is 19.7 Å². The quantitative estimate of drug-likeness (QED) is 0.602. The van der Waals surface area contributed by atoms with E-state index in [-0.39, 0.29) is 30.1 Å². The third-order valence-corrected chi connectivity index (χ3v) is 4.46. The maximum absolute atomic E-state index is 12.4. The van der Waals surface area contributed by atoms with Gasteiger partial charge in [0, 0.05) is 42.4 Å². The molecule has 0 bridgehead atoms. The summed E-state index contributed by atoms with van der Waals surface area (Å²) >= 11 is 0. The topological polar surface area (TPSA) is 111 Å². The van der Waals surface area contributed by atoms with Crippen LogP contribution in [0.3, 0.4) is 0 Å². The van der Waals surface area contributed by atoms with Crippen LogP contribution in [0, 0.1) is 10.1 Å². The second-order valence-corrected chi connectivity index (χ2v) is 6.23. The van der Waals surface area contributed by atoms with E-state index >= 15 is 0 Å². The predicted octanol–water partition coefficient (Wildman–Crippen LogP) is 2.15. The smallest absolute Gasteiger partial charge is 0.270 e. The van der Waals surface area contributed by atoms with Gasteiger partial charge in [-0.25, -0.2) is 0 Å². The van der Waals surface area contributed by atoms with Crippen LogP contribution >= 0.6 is 0 Å². The molecule has 146 valence electrons. The van der Waals surface area contributed by atoms with Crippen LogP contribution in [0.1, 0.15) is 16.8 Å². The lowest BCUT2D eigenvalue weighted by Gasteiger charge is -2.19. The molecule has 9 nitrogen and oxygen atoms in total. The summed E-state index contributed by atoms with van der Waals surface area (Å²) in [6, 6.07) is 10.2. The highest BCUT2D eigenvalue weighted by molar-refractivity contribution is 5.99. The lowest BCUT2D eigenvalue weighted by Crippen LogP contribution is -2.37.